The van der Waals surface area contributed by atoms with Crippen LogP contribution < -0.4 is 0 Å². The molecule has 1 rings (SSSR count). The Morgan fingerprint density at radius 2 is 1.73 bits per heavy atom. The van der Waals surface area contributed by atoms with Crippen molar-refractivity contribution in [2.45, 2.75) is 42.2 Å². The summed E-state index contributed by atoms with van der Waals surface area (Å²) in [4.78, 5) is 2.23. The van der Waals surface area contributed by atoms with Crippen LogP contribution in [0.25, 0.3) is 10.4 Å². The Morgan fingerprint density at radius 1 is 1.09 bits per heavy atom. The van der Waals surface area contributed by atoms with E-state index in [0.717, 1.165) is 12.8 Å². The van der Waals surface area contributed by atoms with E-state index in [9.17, 15) is 16.8 Å². The Hall–Kier alpha value is -1.57. The van der Waals surface area contributed by atoms with Gasteiger partial charge in [0.1, 0.15) is 0 Å². The van der Waals surface area contributed by atoms with Gasteiger partial charge in [-0.1, -0.05) is 49.5 Å². The van der Waals surface area contributed by atoms with Gasteiger partial charge >= 0.3 is 0 Å². The highest BCUT2D eigenvalue weighted by atomic mass is 32.3. The fourth-order valence-electron chi connectivity index (χ4n) is 1.93. The molecule has 22 heavy (non-hydrogen) atoms. The van der Waals surface area contributed by atoms with Gasteiger partial charge in [0.2, 0.25) is 14.5 Å². The topological polar surface area (TPSA) is 117 Å². The molecular weight excluding hydrogens is 326 g/mol. The van der Waals surface area contributed by atoms with E-state index in [1.807, 2.05) is 6.92 Å². The minimum atomic E-state index is -4.27. The molecule has 1 aromatic carbocycles. The lowest BCUT2D eigenvalue weighted by atomic mass is 10.2. The third-order valence-corrected chi connectivity index (χ3v) is 7.83. The average molecular weight is 345 g/mol. The molecule has 0 spiro atoms. The van der Waals surface area contributed by atoms with Crippen molar-refractivity contribution in [2.24, 2.45) is 5.11 Å². The highest BCUT2D eigenvalue weighted by Crippen LogP contribution is 2.22. The Morgan fingerprint density at radius 3 is 2.27 bits per heavy atom. The summed E-state index contributed by atoms with van der Waals surface area (Å²) in [5.74, 6) is -0.317. The first kappa shape index (κ1) is 18.5. The van der Waals surface area contributed by atoms with Crippen molar-refractivity contribution >= 4 is 19.7 Å². The summed E-state index contributed by atoms with van der Waals surface area (Å²) in [7, 11) is -8.35. The van der Waals surface area contributed by atoms with Crippen molar-refractivity contribution in [1.82, 2.24) is 0 Å². The molecule has 0 saturated heterocycles. The van der Waals surface area contributed by atoms with Crippen LogP contribution in [0.2, 0.25) is 0 Å². The molecule has 0 radical (unpaired) electrons. The number of rotatable bonds is 9. The zero-order chi connectivity index (χ0) is 16.6. The molecule has 0 heterocycles. The summed E-state index contributed by atoms with van der Waals surface area (Å²) >= 11 is 0. The minimum absolute atomic E-state index is 0.176. The molecule has 9 heteroatoms. The molecule has 0 bridgehead atoms. The summed E-state index contributed by atoms with van der Waals surface area (Å²) in [5.41, 5.74) is 8.55. The van der Waals surface area contributed by atoms with Crippen molar-refractivity contribution in [3.63, 3.8) is 0 Å². The normalized spacial score (nSPS) is 13.3. The smallest absolute Gasteiger partial charge is 0.227 e. The fourth-order valence-corrected chi connectivity index (χ4v) is 6.02. The molecule has 122 valence electrons. The fraction of sp³-hybridized carbons (Fsp3) is 0.538. The molecule has 1 aromatic rings. The van der Waals surface area contributed by atoms with Gasteiger partial charge in [0.25, 0.3) is 0 Å². The first-order valence-electron chi connectivity index (χ1n) is 6.91. The van der Waals surface area contributed by atoms with Crippen LogP contribution in [0.1, 0.15) is 32.6 Å². The SMILES string of the molecule is CCCCCCS(=O)(=O)C(N=[N+]=[N-])S(=O)(=O)c1ccccc1. The zero-order valence-corrected chi connectivity index (χ0v) is 13.9. The van der Waals surface area contributed by atoms with E-state index in [2.05, 4.69) is 10.0 Å². The molecule has 0 aliphatic heterocycles. The molecule has 0 N–H and O–H groups in total. The number of unbranched alkanes of at least 4 members (excludes halogenated alkanes) is 3. The maximum absolute atomic E-state index is 12.4. The van der Waals surface area contributed by atoms with Gasteiger partial charge < -0.3 is 0 Å². The summed E-state index contributed by atoms with van der Waals surface area (Å²) < 4.78 is 47.2. The number of azide groups is 1. The first-order chi connectivity index (χ1) is 10.4. The molecule has 0 fully saturated rings. The van der Waals surface area contributed by atoms with Crippen molar-refractivity contribution in [3.05, 3.63) is 40.8 Å². The Labute approximate surface area is 130 Å². The lowest BCUT2D eigenvalue weighted by molar-refractivity contribution is 0.571. The van der Waals surface area contributed by atoms with E-state index < -0.39 is 24.4 Å². The molecule has 0 amide bonds. The first-order valence-corrected chi connectivity index (χ1v) is 10.2. The minimum Gasteiger partial charge on any atom is -0.227 e. The zero-order valence-electron chi connectivity index (χ0n) is 12.3. The Bertz CT molecular complexity index is 724. The van der Waals surface area contributed by atoms with Crippen LogP contribution in [0.15, 0.2) is 40.3 Å². The van der Waals surface area contributed by atoms with E-state index in [0.29, 0.717) is 12.8 Å². The third kappa shape index (κ3) is 4.72. The predicted molar refractivity (Wildman–Crippen MR) is 84.5 cm³/mol. The molecule has 7 nitrogen and oxygen atoms in total. The molecule has 1 unspecified atom stereocenters. The lowest BCUT2D eigenvalue weighted by Crippen LogP contribution is -2.30. The number of sulfone groups is 2. The highest BCUT2D eigenvalue weighted by molar-refractivity contribution is 8.09. The van der Waals surface area contributed by atoms with E-state index in [4.69, 9.17) is 5.53 Å². The van der Waals surface area contributed by atoms with Gasteiger partial charge in [0.15, 0.2) is 9.84 Å². The molecule has 1 atom stereocenters. The predicted octanol–water partition coefficient (Wildman–Crippen LogP) is 3.05. The summed E-state index contributed by atoms with van der Waals surface area (Å²) in [5, 5.41) is 3.05. The summed E-state index contributed by atoms with van der Waals surface area (Å²) in [6.07, 6.45) is 2.83. The van der Waals surface area contributed by atoms with Gasteiger partial charge in [-0.2, -0.15) is 0 Å². The second-order valence-electron chi connectivity index (χ2n) is 4.80. The van der Waals surface area contributed by atoms with Gasteiger partial charge in [0, 0.05) is 4.91 Å². The van der Waals surface area contributed by atoms with Crippen molar-refractivity contribution in [3.8, 4) is 0 Å². The maximum atomic E-state index is 12.4. The van der Waals surface area contributed by atoms with Gasteiger partial charge in [-0.15, -0.1) is 0 Å². The van der Waals surface area contributed by atoms with Crippen LogP contribution in [0.5, 0.6) is 0 Å². The summed E-state index contributed by atoms with van der Waals surface area (Å²) in [6, 6.07) is 7.13. The van der Waals surface area contributed by atoms with Crippen LogP contribution in [0.4, 0.5) is 0 Å². The molecule has 0 saturated carbocycles. The lowest BCUT2D eigenvalue weighted by Gasteiger charge is -2.13. The average Bonchev–Trinajstić information content (AvgIpc) is 2.50. The number of benzene rings is 1. The molecule has 0 aliphatic carbocycles. The second-order valence-corrected chi connectivity index (χ2v) is 9.28. The van der Waals surface area contributed by atoms with Gasteiger partial charge in [-0.25, -0.2) is 16.8 Å². The van der Waals surface area contributed by atoms with Crippen molar-refractivity contribution in [1.29, 1.82) is 0 Å². The largest absolute Gasteiger partial charge is 0.245 e. The van der Waals surface area contributed by atoms with Crippen LogP contribution in [0.3, 0.4) is 0 Å². The van der Waals surface area contributed by atoms with Crippen molar-refractivity contribution < 1.29 is 16.8 Å². The van der Waals surface area contributed by atoms with Crippen LogP contribution in [-0.2, 0) is 19.7 Å². The molecule has 0 aromatic heterocycles. The number of nitrogens with zero attached hydrogens (tertiary/aromatic N) is 3. The quantitative estimate of drug-likeness (QED) is 0.296. The Kier molecular flexibility index (Phi) is 6.86. The summed E-state index contributed by atoms with van der Waals surface area (Å²) in [6.45, 7) is 1.98. The van der Waals surface area contributed by atoms with Gasteiger partial charge in [-0.05, 0) is 24.1 Å². The second kappa shape index (κ2) is 8.17. The van der Waals surface area contributed by atoms with Gasteiger partial charge in [0.05, 0.1) is 10.6 Å². The van der Waals surface area contributed by atoms with Gasteiger partial charge in [-0.3, -0.25) is 0 Å². The number of hydrogen-bond acceptors (Lipinski definition) is 5. The van der Waals surface area contributed by atoms with Crippen LogP contribution in [-0.4, -0.2) is 27.3 Å². The standard InChI is InChI=1S/C13H19N3O4S2/c1-2-3-4-8-11-21(17,18)13(15-16-14)22(19,20)12-9-6-5-7-10-12/h5-7,9-10,13H,2-4,8,11H2,1H3. The van der Waals surface area contributed by atoms with E-state index in [1.54, 1.807) is 6.07 Å². The van der Waals surface area contributed by atoms with E-state index in [1.165, 1.54) is 24.3 Å². The number of hydrogen-bond donors (Lipinski definition) is 0. The molecule has 0 aliphatic rings. The van der Waals surface area contributed by atoms with E-state index >= 15 is 0 Å². The van der Waals surface area contributed by atoms with Crippen LogP contribution in [0, 0.1) is 0 Å². The highest BCUT2D eigenvalue weighted by Gasteiger charge is 2.37. The maximum Gasteiger partial charge on any atom is 0.245 e. The Balaban J connectivity index is 3.10. The molecular formula is C13H19N3O4S2. The monoisotopic (exact) mass is 345 g/mol. The van der Waals surface area contributed by atoms with Crippen LogP contribution >= 0.6 is 0 Å². The third-order valence-electron chi connectivity index (χ3n) is 3.07. The van der Waals surface area contributed by atoms with Crippen molar-refractivity contribution in [2.75, 3.05) is 5.75 Å². The van der Waals surface area contributed by atoms with E-state index in [-0.39, 0.29) is 10.6 Å².